The molecule has 0 saturated carbocycles. The van der Waals surface area contributed by atoms with Crippen molar-refractivity contribution in [2.24, 2.45) is 0 Å². The maximum Gasteiger partial charge on any atom is 0.371 e. The number of rotatable bonds is 4. The zero-order valence-electron chi connectivity index (χ0n) is 10.4. The van der Waals surface area contributed by atoms with Crippen molar-refractivity contribution < 1.29 is 14.3 Å². The molecule has 1 aromatic carbocycles. The summed E-state index contributed by atoms with van der Waals surface area (Å²) in [5.41, 5.74) is 2.26. The third-order valence-corrected chi connectivity index (χ3v) is 2.71. The first-order valence-electron chi connectivity index (χ1n) is 5.66. The van der Waals surface area contributed by atoms with Crippen LogP contribution < -0.4 is 4.90 Å². The Labute approximate surface area is 105 Å². The molecule has 1 aromatic heterocycles. The van der Waals surface area contributed by atoms with Gasteiger partial charge in [-0.2, -0.15) is 0 Å². The largest absolute Gasteiger partial charge is 0.475 e. The van der Waals surface area contributed by atoms with E-state index in [0.717, 1.165) is 5.69 Å². The molecule has 1 heterocycles. The predicted molar refractivity (Wildman–Crippen MR) is 69.0 cm³/mol. The first-order valence-corrected chi connectivity index (χ1v) is 5.66. The fraction of sp³-hybridized carbons (Fsp3) is 0.214. The number of hydrogen-bond donors (Lipinski definition) is 1. The fourth-order valence-electron chi connectivity index (χ4n) is 1.77. The number of benzene rings is 1. The first-order chi connectivity index (χ1) is 8.56. The van der Waals surface area contributed by atoms with E-state index in [1.165, 1.54) is 11.6 Å². The zero-order valence-corrected chi connectivity index (χ0v) is 10.4. The van der Waals surface area contributed by atoms with Crippen LogP contribution in [0.5, 0.6) is 0 Å². The van der Waals surface area contributed by atoms with Crippen LogP contribution in [-0.4, -0.2) is 18.1 Å². The van der Waals surface area contributed by atoms with Crippen molar-refractivity contribution in [3.8, 4) is 0 Å². The van der Waals surface area contributed by atoms with Crippen LogP contribution in [0.4, 0.5) is 5.69 Å². The third-order valence-electron chi connectivity index (χ3n) is 2.71. The van der Waals surface area contributed by atoms with Crippen molar-refractivity contribution in [2.45, 2.75) is 13.5 Å². The van der Waals surface area contributed by atoms with Gasteiger partial charge < -0.3 is 14.4 Å². The first kappa shape index (κ1) is 12.2. The summed E-state index contributed by atoms with van der Waals surface area (Å²) in [4.78, 5) is 12.7. The Morgan fingerprint density at radius 3 is 2.72 bits per heavy atom. The second-order valence-electron chi connectivity index (χ2n) is 4.27. The summed E-state index contributed by atoms with van der Waals surface area (Å²) in [6.07, 6.45) is 0. The van der Waals surface area contributed by atoms with Crippen LogP contribution in [0.1, 0.15) is 21.9 Å². The summed E-state index contributed by atoms with van der Waals surface area (Å²) in [6.45, 7) is 2.57. The molecule has 2 aromatic rings. The lowest BCUT2D eigenvalue weighted by Gasteiger charge is -2.18. The number of carboxylic acids is 1. The summed E-state index contributed by atoms with van der Waals surface area (Å²) in [7, 11) is 1.94. The number of carbonyl (C=O) groups is 1. The maximum absolute atomic E-state index is 10.7. The quantitative estimate of drug-likeness (QED) is 0.899. The van der Waals surface area contributed by atoms with Gasteiger partial charge in [-0.1, -0.05) is 12.1 Å². The zero-order chi connectivity index (χ0) is 13.1. The smallest absolute Gasteiger partial charge is 0.371 e. The van der Waals surface area contributed by atoms with Crippen molar-refractivity contribution in [2.75, 3.05) is 11.9 Å². The van der Waals surface area contributed by atoms with Gasteiger partial charge in [-0.05, 0) is 36.8 Å². The van der Waals surface area contributed by atoms with Gasteiger partial charge in [0.15, 0.2) is 0 Å². The number of anilines is 1. The van der Waals surface area contributed by atoms with E-state index in [9.17, 15) is 4.79 Å². The van der Waals surface area contributed by atoms with Crippen molar-refractivity contribution in [1.29, 1.82) is 0 Å². The number of aromatic carboxylic acids is 1. The lowest BCUT2D eigenvalue weighted by atomic mass is 10.2. The highest BCUT2D eigenvalue weighted by molar-refractivity contribution is 5.84. The van der Waals surface area contributed by atoms with Gasteiger partial charge in [0.1, 0.15) is 5.76 Å². The summed E-state index contributed by atoms with van der Waals surface area (Å²) in [6, 6.07) is 11.3. The molecule has 0 fully saturated rings. The lowest BCUT2D eigenvalue weighted by molar-refractivity contribution is 0.0660. The molecule has 0 aliphatic rings. The molecule has 4 nitrogen and oxygen atoms in total. The molecule has 0 spiro atoms. The van der Waals surface area contributed by atoms with E-state index in [-0.39, 0.29) is 5.76 Å². The molecule has 0 radical (unpaired) electrons. The van der Waals surface area contributed by atoms with Gasteiger partial charge in [-0.15, -0.1) is 0 Å². The average Bonchev–Trinajstić information content (AvgIpc) is 2.77. The number of aryl methyl sites for hydroxylation is 1. The SMILES string of the molecule is Cc1cccc(N(C)Cc2ccc(C(=O)O)o2)c1. The molecule has 0 amide bonds. The molecule has 0 bridgehead atoms. The van der Waals surface area contributed by atoms with Gasteiger partial charge >= 0.3 is 5.97 Å². The summed E-state index contributed by atoms with van der Waals surface area (Å²) in [5.74, 6) is -0.432. The molecule has 0 aliphatic carbocycles. The third kappa shape index (κ3) is 2.71. The summed E-state index contributed by atoms with van der Waals surface area (Å²) < 4.78 is 5.23. The van der Waals surface area contributed by atoms with Gasteiger partial charge in [0.05, 0.1) is 6.54 Å². The second kappa shape index (κ2) is 4.96. The lowest BCUT2D eigenvalue weighted by Crippen LogP contribution is -2.15. The Bertz CT molecular complexity index is 560. The highest BCUT2D eigenvalue weighted by atomic mass is 16.4. The van der Waals surface area contributed by atoms with Gasteiger partial charge in [0.2, 0.25) is 5.76 Å². The van der Waals surface area contributed by atoms with Gasteiger partial charge in [-0.3, -0.25) is 0 Å². The van der Waals surface area contributed by atoms with Crippen LogP contribution in [0, 0.1) is 6.92 Å². The van der Waals surface area contributed by atoms with E-state index in [2.05, 4.69) is 6.07 Å². The second-order valence-corrected chi connectivity index (χ2v) is 4.27. The fourth-order valence-corrected chi connectivity index (χ4v) is 1.77. The summed E-state index contributed by atoms with van der Waals surface area (Å²) >= 11 is 0. The normalized spacial score (nSPS) is 10.3. The van der Waals surface area contributed by atoms with Crippen LogP contribution in [0.25, 0.3) is 0 Å². The maximum atomic E-state index is 10.7. The number of hydrogen-bond acceptors (Lipinski definition) is 3. The Kier molecular flexibility index (Phi) is 3.37. The molecule has 0 saturated heterocycles. The highest BCUT2D eigenvalue weighted by Gasteiger charge is 2.10. The van der Waals surface area contributed by atoms with Gasteiger partial charge in [0.25, 0.3) is 0 Å². The molecular formula is C14H15NO3. The van der Waals surface area contributed by atoms with Gasteiger partial charge in [-0.25, -0.2) is 4.79 Å². The van der Waals surface area contributed by atoms with Gasteiger partial charge in [0, 0.05) is 12.7 Å². The predicted octanol–water partition coefficient (Wildman–Crippen LogP) is 2.92. The standard InChI is InChI=1S/C14H15NO3/c1-10-4-3-5-11(8-10)15(2)9-12-6-7-13(18-12)14(16)17/h3-8H,9H2,1-2H3,(H,16,17). The van der Waals surface area contributed by atoms with Crippen LogP contribution in [0.2, 0.25) is 0 Å². The van der Waals surface area contributed by atoms with Crippen LogP contribution in [-0.2, 0) is 6.54 Å². The highest BCUT2D eigenvalue weighted by Crippen LogP contribution is 2.18. The van der Waals surface area contributed by atoms with Crippen molar-refractivity contribution in [3.63, 3.8) is 0 Å². The Morgan fingerprint density at radius 2 is 2.11 bits per heavy atom. The molecule has 94 valence electrons. The van der Waals surface area contributed by atoms with E-state index < -0.39 is 5.97 Å². The number of nitrogens with zero attached hydrogens (tertiary/aromatic N) is 1. The van der Waals surface area contributed by atoms with E-state index in [4.69, 9.17) is 9.52 Å². The van der Waals surface area contributed by atoms with E-state index in [1.807, 2.05) is 37.1 Å². The Hall–Kier alpha value is -2.23. The molecule has 0 atom stereocenters. The van der Waals surface area contributed by atoms with E-state index in [0.29, 0.717) is 12.3 Å². The van der Waals surface area contributed by atoms with Crippen molar-refractivity contribution in [1.82, 2.24) is 0 Å². The Balaban J connectivity index is 2.11. The molecule has 0 unspecified atom stereocenters. The van der Waals surface area contributed by atoms with E-state index >= 15 is 0 Å². The van der Waals surface area contributed by atoms with Crippen LogP contribution in [0.3, 0.4) is 0 Å². The minimum absolute atomic E-state index is 0.0253. The van der Waals surface area contributed by atoms with E-state index in [1.54, 1.807) is 6.07 Å². The monoisotopic (exact) mass is 245 g/mol. The topological polar surface area (TPSA) is 53.7 Å². The Morgan fingerprint density at radius 1 is 1.33 bits per heavy atom. The summed E-state index contributed by atoms with van der Waals surface area (Å²) in [5, 5.41) is 8.78. The number of carboxylic acid groups (broad SMARTS) is 1. The average molecular weight is 245 g/mol. The van der Waals surface area contributed by atoms with Crippen molar-refractivity contribution in [3.05, 3.63) is 53.5 Å². The molecule has 1 N–H and O–H groups in total. The molecular weight excluding hydrogens is 230 g/mol. The minimum atomic E-state index is -1.04. The molecule has 2 rings (SSSR count). The van der Waals surface area contributed by atoms with Crippen molar-refractivity contribution >= 4 is 11.7 Å². The number of furan rings is 1. The van der Waals surface area contributed by atoms with Crippen LogP contribution in [0.15, 0.2) is 40.8 Å². The molecule has 0 aliphatic heterocycles. The minimum Gasteiger partial charge on any atom is -0.475 e. The molecule has 18 heavy (non-hydrogen) atoms. The van der Waals surface area contributed by atoms with Crippen LogP contribution >= 0.6 is 0 Å². The molecule has 4 heteroatoms.